The van der Waals surface area contributed by atoms with Crippen LogP contribution in [-0.2, 0) is 13.2 Å². The van der Waals surface area contributed by atoms with E-state index in [1.165, 1.54) is 6.33 Å². The zero-order chi connectivity index (χ0) is 18.5. The third-order valence-corrected chi connectivity index (χ3v) is 4.21. The SMILES string of the molecule is Nc1ncnc2cc(OCc3ccccc3)c(OCc3ccccc3)cc12. The van der Waals surface area contributed by atoms with E-state index in [2.05, 4.69) is 9.97 Å². The van der Waals surface area contributed by atoms with E-state index >= 15 is 0 Å². The fourth-order valence-electron chi connectivity index (χ4n) is 2.78. The van der Waals surface area contributed by atoms with E-state index in [0.717, 1.165) is 22.0 Å². The Kier molecular flexibility index (Phi) is 4.83. The number of anilines is 1. The van der Waals surface area contributed by atoms with Crippen molar-refractivity contribution in [2.24, 2.45) is 0 Å². The van der Waals surface area contributed by atoms with Crippen molar-refractivity contribution in [3.8, 4) is 11.5 Å². The van der Waals surface area contributed by atoms with Crippen LogP contribution in [0, 0.1) is 0 Å². The third-order valence-electron chi connectivity index (χ3n) is 4.21. The smallest absolute Gasteiger partial charge is 0.163 e. The number of rotatable bonds is 6. The Balaban J connectivity index is 1.64. The van der Waals surface area contributed by atoms with Crippen LogP contribution in [0.2, 0.25) is 0 Å². The number of fused-ring (bicyclic) bond motifs is 1. The average Bonchev–Trinajstić information content (AvgIpc) is 2.72. The Labute approximate surface area is 157 Å². The first-order chi connectivity index (χ1) is 13.3. The molecule has 0 atom stereocenters. The molecule has 0 aliphatic heterocycles. The number of ether oxygens (including phenoxy) is 2. The minimum atomic E-state index is 0.416. The van der Waals surface area contributed by atoms with Gasteiger partial charge in [-0.15, -0.1) is 0 Å². The Bertz CT molecular complexity index is 1040. The van der Waals surface area contributed by atoms with Gasteiger partial charge in [0, 0.05) is 11.5 Å². The van der Waals surface area contributed by atoms with E-state index in [-0.39, 0.29) is 0 Å². The fourth-order valence-corrected chi connectivity index (χ4v) is 2.78. The van der Waals surface area contributed by atoms with Crippen LogP contribution in [0.4, 0.5) is 5.82 Å². The number of aromatic nitrogens is 2. The predicted octanol–water partition coefficient (Wildman–Crippen LogP) is 4.37. The zero-order valence-electron chi connectivity index (χ0n) is 14.7. The van der Waals surface area contributed by atoms with E-state index in [1.54, 1.807) is 0 Å². The molecular weight excluding hydrogens is 338 g/mol. The first-order valence-electron chi connectivity index (χ1n) is 8.67. The third kappa shape index (κ3) is 3.98. The normalized spacial score (nSPS) is 10.7. The van der Waals surface area contributed by atoms with Crippen LogP contribution in [0.1, 0.15) is 11.1 Å². The summed E-state index contributed by atoms with van der Waals surface area (Å²) in [6, 6.07) is 23.7. The molecule has 4 rings (SSSR count). The number of hydrogen-bond donors (Lipinski definition) is 1. The monoisotopic (exact) mass is 357 g/mol. The van der Waals surface area contributed by atoms with Gasteiger partial charge in [-0.25, -0.2) is 9.97 Å². The summed E-state index contributed by atoms with van der Waals surface area (Å²) in [5.41, 5.74) is 8.87. The maximum Gasteiger partial charge on any atom is 0.163 e. The maximum atomic E-state index is 6.04. The van der Waals surface area contributed by atoms with Gasteiger partial charge in [0.25, 0.3) is 0 Å². The lowest BCUT2D eigenvalue weighted by atomic mass is 10.2. The molecule has 2 N–H and O–H groups in total. The lowest BCUT2D eigenvalue weighted by molar-refractivity contribution is 0.256. The van der Waals surface area contributed by atoms with Gasteiger partial charge >= 0.3 is 0 Å². The Morgan fingerprint density at radius 1 is 0.704 bits per heavy atom. The van der Waals surface area contributed by atoms with Gasteiger partial charge < -0.3 is 15.2 Å². The van der Waals surface area contributed by atoms with E-state index in [9.17, 15) is 0 Å². The second-order valence-corrected chi connectivity index (χ2v) is 6.12. The van der Waals surface area contributed by atoms with Crippen molar-refractivity contribution in [2.75, 3.05) is 5.73 Å². The summed E-state index contributed by atoms with van der Waals surface area (Å²) >= 11 is 0. The van der Waals surface area contributed by atoms with E-state index < -0.39 is 0 Å². The quantitative estimate of drug-likeness (QED) is 0.555. The molecule has 5 nitrogen and oxygen atoms in total. The van der Waals surface area contributed by atoms with Crippen molar-refractivity contribution < 1.29 is 9.47 Å². The lowest BCUT2D eigenvalue weighted by Crippen LogP contribution is -2.02. The summed E-state index contributed by atoms with van der Waals surface area (Å²) in [6.07, 6.45) is 1.45. The van der Waals surface area contributed by atoms with E-state index in [4.69, 9.17) is 15.2 Å². The van der Waals surface area contributed by atoms with Crippen LogP contribution < -0.4 is 15.2 Å². The summed E-state index contributed by atoms with van der Waals surface area (Å²) in [6.45, 7) is 0.871. The molecule has 3 aromatic carbocycles. The van der Waals surface area contributed by atoms with Gasteiger partial charge in [0.2, 0.25) is 0 Å². The highest BCUT2D eigenvalue weighted by molar-refractivity contribution is 5.90. The Morgan fingerprint density at radius 3 is 1.85 bits per heavy atom. The number of hydrogen-bond acceptors (Lipinski definition) is 5. The molecule has 0 unspecified atom stereocenters. The average molecular weight is 357 g/mol. The van der Waals surface area contributed by atoms with Gasteiger partial charge in [-0.3, -0.25) is 0 Å². The Morgan fingerprint density at radius 2 is 1.26 bits per heavy atom. The minimum Gasteiger partial charge on any atom is -0.485 e. The molecule has 27 heavy (non-hydrogen) atoms. The summed E-state index contributed by atoms with van der Waals surface area (Å²) in [7, 11) is 0. The molecule has 0 radical (unpaired) electrons. The predicted molar refractivity (Wildman–Crippen MR) is 105 cm³/mol. The number of nitrogens with zero attached hydrogens (tertiary/aromatic N) is 2. The van der Waals surface area contributed by atoms with Gasteiger partial charge in [-0.1, -0.05) is 60.7 Å². The van der Waals surface area contributed by atoms with Crippen LogP contribution in [0.5, 0.6) is 11.5 Å². The molecular formula is C22H19N3O2. The number of benzene rings is 3. The molecule has 1 aromatic heterocycles. The fraction of sp³-hybridized carbons (Fsp3) is 0.0909. The second-order valence-electron chi connectivity index (χ2n) is 6.12. The molecule has 4 aromatic rings. The molecule has 5 heteroatoms. The van der Waals surface area contributed by atoms with Gasteiger partial charge in [0.05, 0.1) is 5.52 Å². The van der Waals surface area contributed by atoms with Crippen LogP contribution >= 0.6 is 0 Å². The summed E-state index contributed by atoms with van der Waals surface area (Å²) in [5.74, 6) is 1.66. The van der Waals surface area contributed by atoms with Crippen molar-refractivity contribution in [3.05, 3.63) is 90.3 Å². The topological polar surface area (TPSA) is 70.3 Å². The molecule has 0 aliphatic rings. The highest BCUT2D eigenvalue weighted by Gasteiger charge is 2.12. The van der Waals surface area contributed by atoms with E-state index in [0.29, 0.717) is 30.5 Å². The molecule has 0 saturated heterocycles. The van der Waals surface area contributed by atoms with Gasteiger partial charge in [-0.05, 0) is 17.2 Å². The molecule has 1 heterocycles. The van der Waals surface area contributed by atoms with Crippen molar-refractivity contribution in [1.29, 1.82) is 0 Å². The summed E-state index contributed by atoms with van der Waals surface area (Å²) in [4.78, 5) is 8.35. The van der Waals surface area contributed by atoms with Crippen LogP contribution in [0.3, 0.4) is 0 Å². The highest BCUT2D eigenvalue weighted by Crippen LogP contribution is 2.34. The molecule has 0 saturated carbocycles. The standard InChI is InChI=1S/C22H19N3O2/c23-22-18-11-20(26-13-16-7-3-1-4-8-16)21(12-19(18)24-15-25-22)27-14-17-9-5-2-6-10-17/h1-12,15H,13-14H2,(H2,23,24,25). The minimum absolute atomic E-state index is 0.416. The molecule has 0 fully saturated rings. The zero-order valence-corrected chi connectivity index (χ0v) is 14.7. The molecule has 0 spiro atoms. The molecule has 0 aliphatic carbocycles. The van der Waals surface area contributed by atoms with Crippen LogP contribution in [-0.4, -0.2) is 9.97 Å². The van der Waals surface area contributed by atoms with Crippen LogP contribution in [0.25, 0.3) is 10.9 Å². The first kappa shape index (κ1) is 16.8. The lowest BCUT2D eigenvalue weighted by Gasteiger charge is -2.14. The van der Waals surface area contributed by atoms with Crippen LogP contribution in [0.15, 0.2) is 79.1 Å². The first-order valence-corrected chi connectivity index (χ1v) is 8.67. The van der Waals surface area contributed by atoms with Crippen molar-refractivity contribution >= 4 is 16.7 Å². The second kappa shape index (κ2) is 7.74. The van der Waals surface area contributed by atoms with Crippen molar-refractivity contribution in [3.63, 3.8) is 0 Å². The number of nitrogens with two attached hydrogens (primary N) is 1. The van der Waals surface area contributed by atoms with Gasteiger partial charge in [-0.2, -0.15) is 0 Å². The Hall–Kier alpha value is -3.60. The van der Waals surface area contributed by atoms with E-state index in [1.807, 2.05) is 72.8 Å². The molecule has 0 amide bonds. The largest absolute Gasteiger partial charge is 0.485 e. The molecule has 0 bridgehead atoms. The van der Waals surface area contributed by atoms with Gasteiger partial charge in [0.1, 0.15) is 25.4 Å². The van der Waals surface area contributed by atoms with Crippen molar-refractivity contribution in [1.82, 2.24) is 9.97 Å². The molecule has 134 valence electrons. The van der Waals surface area contributed by atoms with Crippen molar-refractivity contribution in [2.45, 2.75) is 13.2 Å². The van der Waals surface area contributed by atoms with Gasteiger partial charge in [0.15, 0.2) is 11.5 Å². The highest BCUT2D eigenvalue weighted by atomic mass is 16.5. The maximum absolute atomic E-state index is 6.04. The number of nitrogen functional groups attached to an aromatic ring is 1. The summed E-state index contributed by atoms with van der Waals surface area (Å²) < 4.78 is 12.1. The summed E-state index contributed by atoms with van der Waals surface area (Å²) in [5, 5.41) is 0.743.